The summed E-state index contributed by atoms with van der Waals surface area (Å²) in [6, 6.07) is 9.57. The summed E-state index contributed by atoms with van der Waals surface area (Å²) in [5.74, 6) is 0. The highest BCUT2D eigenvalue weighted by atomic mass is 16.6. The molecule has 0 fully saturated rings. The van der Waals surface area contributed by atoms with Gasteiger partial charge in [0.2, 0.25) is 0 Å². The van der Waals surface area contributed by atoms with Crippen LogP contribution in [0.1, 0.15) is 33.4 Å². The van der Waals surface area contributed by atoms with E-state index in [4.69, 9.17) is 10.5 Å². The number of benzene rings is 1. The molecule has 2 rings (SSSR count). The van der Waals surface area contributed by atoms with E-state index in [1.165, 1.54) is 4.68 Å². The maximum Gasteiger partial charge on any atom is 0.435 e. The highest BCUT2D eigenvalue weighted by Gasteiger charge is 2.24. The monoisotopic (exact) mass is 287 g/mol. The van der Waals surface area contributed by atoms with Crippen molar-refractivity contribution in [1.82, 2.24) is 9.78 Å². The number of rotatable bonds is 2. The van der Waals surface area contributed by atoms with E-state index in [-0.39, 0.29) is 0 Å². The maximum absolute atomic E-state index is 12.3. The molecule has 0 saturated heterocycles. The molecule has 112 valence electrons. The Labute approximate surface area is 124 Å². The summed E-state index contributed by atoms with van der Waals surface area (Å²) in [6.45, 7) is 7.40. The predicted molar refractivity (Wildman–Crippen MR) is 83.1 cm³/mol. The van der Waals surface area contributed by atoms with Gasteiger partial charge in [0, 0.05) is 5.56 Å². The van der Waals surface area contributed by atoms with E-state index in [1.807, 2.05) is 58.0 Å². The highest BCUT2D eigenvalue weighted by Crippen LogP contribution is 2.28. The summed E-state index contributed by atoms with van der Waals surface area (Å²) in [7, 11) is 0. The van der Waals surface area contributed by atoms with Crippen LogP contribution < -0.4 is 5.73 Å². The molecule has 21 heavy (non-hydrogen) atoms. The van der Waals surface area contributed by atoms with Crippen LogP contribution in [0.4, 0.5) is 10.5 Å². The minimum atomic E-state index is -0.574. The minimum Gasteiger partial charge on any atom is -0.442 e. The van der Waals surface area contributed by atoms with Gasteiger partial charge in [-0.25, -0.2) is 4.79 Å². The first-order valence-electron chi connectivity index (χ1n) is 6.99. The van der Waals surface area contributed by atoms with Crippen molar-refractivity contribution in [2.45, 2.75) is 39.7 Å². The van der Waals surface area contributed by atoms with Gasteiger partial charge in [0.05, 0.1) is 11.4 Å². The zero-order valence-electron chi connectivity index (χ0n) is 12.9. The Bertz CT molecular complexity index is 640. The molecule has 0 amide bonds. The van der Waals surface area contributed by atoms with E-state index in [0.29, 0.717) is 23.5 Å². The van der Waals surface area contributed by atoms with Gasteiger partial charge in [0.15, 0.2) is 0 Å². The van der Waals surface area contributed by atoms with Crippen LogP contribution in [-0.4, -0.2) is 21.5 Å². The molecule has 0 atom stereocenters. The van der Waals surface area contributed by atoms with Gasteiger partial charge < -0.3 is 10.5 Å². The fraction of sp³-hybridized carbons (Fsp3) is 0.375. The summed E-state index contributed by atoms with van der Waals surface area (Å²) in [6.07, 6.45) is 0.0958. The third kappa shape index (κ3) is 3.24. The Morgan fingerprint density at radius 2 is 1.90 bits per heavy atom. The average Bonchev–Trinajstić information content (AvgIpc) is 2.75. The zero-order valence-corrected chi connectivity index (χ0v) is 12.9. The molecular weight excluding hydrogens is 266 g/mol. The fourth-order valence-electron chi connectivity index (χ4n) is 2.07. The number of aromatic nitrogens is 2. The Kier molecular flexibility index (Phi) is 4.02. The van der Waals surface area contributed by atoms with Crippen molar-refractivity contribution in [1.29, 1.82) is 0 Å². The van der Waals surface area contributed by atoms with Crippen LogP contribution in [0.25, 0.3) is 11.3 Å². The summed E-state index contributed by atoms with van der Waals surface area (Å²) in [4.78, 5) is 12.3. The van der Waals surface area contributed by atoms with E-state index >= 15 is 0 Å². The van der Waals surface area contributed by atoms with Gasteiger partial charge >= 0.3 is 6.09 Å². The van der Waals surface area contributed by atoms with Gasteiger partial charge in [-0.15, -0.1) is 0 Å². The Morgan fingerprint density at radius 3 is 2.43 bits per heavy atom. The van der Waals surface area contributed by atoms with E-state index in [1.54, 1.807) is 0 Å². The van der Waals surface area contributed by atoms with Crippen molar-refractivity contribution in [3.63, 3.8) is 0 Å². The van der Waals surface area contributed by atoms with Gasteiger partial charge in [0.25, 0.3) is 0 Å². The number of hydrogen-bond donors (Lipinski definition) is 1. The van der Waals surface area contributed by atoms with Crippen LogP contribution >= 0.6 is 0 Å². The molecule has 0 radical (unpaired) electrons. The summed E-state index contributed by atoms with van der Waals surface area (Å²) in [5, 5.41) is 4.35. The molecule has 2 N–H and O–H groups in total. The number of anilines is 1. The number of nitrogens with zero attached hydrogens (tertiary/aromatic N) is 2. The van der Waals surface area contributed by atoms with E-state index in [0.717, 1.165) is 5.56 Å². The molecule has 1 aromatic carbocycles. The van der Waals surface area contributed by atoms with Crippen molar-refractivity contribution < 1.29 is 9.53 Å². The van der Waals surface area contributed by atoms with Gasteiger partial charge in [-0.2, -0.15) is 9.78 Å². The standard InChI is InChI=1S/C16H21N3O2/c1-5-12-13(17)14(11-9-7-6-8-10-11)18-19(12)15(20)21-16(2,3)4/h6-10H,5,17H2,1-4H3. The highest BCUT2D eigenvalue weighted by molar-refractivity contribution is 5.80. The Balaban J connectivity index is 2.46. The lowest BCUT2D eigenvalue weighted by Crippen LogP contribution is -2.28. The molecule has 0 saturated carbocycles. The van der Waals surface area contributed by atoms with Crippen molar-refractivity contribution in [2.24, 2.45) is 0 Å². The lowest BCUT2D eigenvalue weighted by Gasteiger charge is -2.19. The molecule has 2 aromatic rings. The first kappa shape index (κ1) is 15.1. The smallest absolute Gasteiger partial charge is 0.435 e. The Morgan fingerprint density at radius 1 is 1.29 bits per heavy atom. The molecular formula is C16H21N3O2. The normalized spacial score (nSPS) is 11.4. The summed E-state index contributed by atoms with van der Waals surface area (Å²) >= 11 is 0. The summed E-state index contributed by atoms with van der Waals surface area (Å²) in [5.41, 5.74) is 8.27. The molecule has 0 bridgehead atoms. The second-order valence-corrected chi connectivity index (χ2v) is 5.82. The first-order valence-corrected chi connectivity index (χ1v) is 6.99. The van der Waals surface area contributed by atoms with Crippen LogP contribution in [0, 0.1) is 0 Å². The van der Waals surface area contributed by atoms with Crippen LogP contribution in [0.2, 0.25) is 0 Å². The molecule has 0 aliphatic carbocycles. The molecule has 1 aromatic heterocycles. The first-order chi connectivity index (χ1) is 9.83. The van der Waals surface area contributed by atoms with Crippen molar-refractivity contribution in [3.8, 4) is 11.3 Å². The molecule has 5 nitrogen and oxygen atoms in total. The molecule has 0 unspecified atom stereocenters. The van der Waals surface area contributed by atoms with Crippen molar-refractivity contribution in [2.75, 3.05) is 5.73 Å². The Hall–Kier alpha value is -2.30. The van der Waals surface area contributed by atoms with E-state index in [2.05, 4.69) is 5.10 Å². The number of carbonyl (C=O) groups is 1. The average molecular weight is 287 g/mol. The predicted octanol–water partition coefficient (Wildman–Crippen LogP) is 3.48. The van der Waals surface area contributed by atoms with Gasteiger partial charge in [-0.3, -0.25) is 0 Å². The van der Waals surface area contributed by atoms with Crippen LogP contribution in [-0.2, 0) is 11.2 Å². The van der Waals surface area contributed by atoms with Gasteiger partial charge in [-0.1, -0.05) is 37.3 Å². The summed E-state index contributed by atoms with van der Waals surface area (Å²) < 4.78 is 6.64. The largest absolute Gasteiger partial charge is 0.442 e. The molecule has 5 heteroatoms. The quantitative estimate of drug-likeness (QED) is 0.918. The zero-order chi connectivity index (χ0) is 15.6. The van der Waals surface area contributed by atoms with Crippen LogP contribution in [0.5, 0.6) is 0 Å². The number of nitrogens with two attached hydrogens (primary N) is 1. The van der Waals surface area contributed by atoms with Crippen molar-refractivity contribution >= 4 is 11.8 Å². The van der Waals surface area contributed by atoms with E-state index < -0.39 is 11.7 Å². The van der Waals surface area contributed by atoms with Gasteiger partial charge in [0.1, 0.15) is 11.3 Å². The SMILES string of the molecule is CCc1c(N)c(-c2ccccc2)nn1C(=O)OC(C)(C)C. The molecule has 0 aliphatic rings. The number of nitrogen functional groups attached to an aromatic ring is 1. The lowest BCUT2D eigenvalue weighted by molar-refractivity contribution is 0.0510. The number of carbonyl (C=O) groups excluding carboxylic acids is 1. The van der Waals surface area contributed by atoms with Crippen LogP contribution in [0.3, 0.4) is 0 Å². The topological polar surface area (TPSA) is 70.1 Å². The second-order valence-electron chi connectivity index (χ2n) is 5.82. The molecule has 0 aliphatic heterocycles. The molecule has 0 spiro atoms. The van der Waals surface area contributed by atoms with Crippen molar-refractivity contribution in [3.05, 3.63) is 36.0 Å². The number of ether oxygens (including phenoxy) is 1. The second kappa shape index (κ2) is 5.60. The third-order valence-corrected chi connectivity index (χ3v) is 2.97. The lowest BCUT2D eigenvalue weighted by atomic mass is 10.1. The molecule has 1 heterocycles. The fourth-order valence-corrected chi connectivity index (χ4v) is 2.07. The number of hydrogen-bond acceptors (Lipinski definition) is 4. The third-order valence-electron chi connectivity index (χ3n) is 2.97. The van der Waals surface area contributed by atoms with Gasteiger partial charge in [-0.05, 0) is 27.2 Å². The van der Waals surface area contributed by atoms with Crippen LogP contribution in [0.15, 0.2) is 30.3 Å². The maximum atomic E-state index is 12.3. The minimum absolute atomic E-state index is 0.506. The van der Waals surface area contributed by atoms with E-state index in [9.17, 15) is 4.79 Å².